The number of hydrogen-bond acceptors (Lipinski definition) is 19. The average molecular weight is 825 g/mol. The minimum absolute atomic E-state index is 0.0294. The molecular weight excluding hydrogens is 776 g/mol. The number of aromatic hydroxyl groups is 1. The van der Waals surface area contributed by atoms with Gasteiger partial charge in [0.25, 0.3) is 0 Å². The van der Waals surface area contributed by atoms with Gasteiger partial charge in [0.1, 0.15) is 67.8 Å². The van der Waals surface area contributed by atoms with Crippen LogP contribution in [0, 0.1) is 0 Å². The quantitative estimate of drug-likeness (QED) is 0.0633. The number of aliphatic hydroxyl groups is 7. The SMILES string of the molecule is COc1cc(/C=C/COC(=O)CC(C)(CC(=O)O)O[C@@H]2O[C@H](COC(=O)/C=C/c3ccc(O)cc3)[C@@H](O)[C@H](O)[C@H]2O)cc(OC)c1O[C@@H]1O[C@H](CO)[C@@H](O)[C@H](O)[C@H]1O. The number of esters is 2. The van der Waals surface area contributed by atoms with Gasteiger partial charge in [0.15, 0.2) is 17.8 Å². The summed E-state index contributed by atoms with van der Waals surface area (Å²) in [4.78, 5) is 37.0. The van der Waals surface area contributed by atoms with Crippen LogP contribution in [0.5, 0.6) is 23.0 Å². The lowest BCUT2D eigenvalue weighted by atomic mass is 9.95. The summed E-state index contributed by atoms with van der Waals surface area (Å²) < 4.78 is 43.7. The van der Waals surface area contributed by atoms with E-state index in [0.29, 0.717) is 11.1 Å². The first-order valence-electron chi connectivity index (χ1n) is 17.8. The van der Waals surface area contributed by atoms with Gasteiger partial charge in [0.2, 0.25) is 12.0 Å². The fourth-order valence-electron chi connectivity index (χ4n) is 5.93. The molecule has 2 fully saturated rings. The summed E-state index contributed by atoms with van der Waals surface area (Å²) in [6, 6.07) is 8.88. The zero-order valence-corrected chi connectivity index (χ0v) is 31.6. The van der Waals surface area contributed by atoms with Crippen LogP contribution in [-0.4, -0.2) is 165 Å². The Balaban J connectivity index is 1.36. The van der Waals surface area contributed by atoms with Gasteiger partial charge >= 0.3 is 17.9 Å². The number of carboxylic acid groups (broad SMARTS) is 1. The smallest absolute Gasteiger partial charge is 0.330 e. The molecule has 2 aromatic rings. The van der Waals surface area contributed by atoms with Crippen molar-refractivity contribution in [3.8, 4) is 23.0 Å². The molecule has 0 spiro atoms. The van der Waals surface area contributed by atoms with Crippen molar-refractivity contribution < 1.29 is 98.2 Å². The van der Waals surface area contributed by atoms with E-state index in [1.165, 1.54) is 63.6 Å². The van der Waals surface area contributed by atoms with Gasteiger partial charge in [-0.05, 0) is 54.5 Å². The molecule has 0 aliphatic carbocycles. The normalized spacial score (nSPS) is 28.4. The van der Waals surface area contributed by atoms with Crippen LogP contribution in [0.25, 0.3) is 12.2 Å². The number of aliphatic hydroxyl groups excluding tert-OH is 7. The maximum atomic E-state index is 12.9. The predicted molar refractivity (Wildman–Crippen MR) is 195 cm³/mol. The van der Waals surface area contributed by atoms with Crippen LogP contribution >= 0.6 is 0 Å². The van der Waals surface area contributed by atoms with E-state index >= 15 is 0 Å². The van der Waals surface area contributed by atoms with Crippen LogP contribution in [0.3, 0.4) is 0 Å². The average Bonchev–Trinajstić information content (AvgIpc) is 3.18. The summed E-state index contributed by atoms with van der Waals surface area (Å²) in [5.74, 6) is -3.02. The highest BCUT2D eigenvalue weighted by Gasteiger charge is 2.48. The molecule has 320 valence electrons. The first-order chi connectivity index (χ1) is 27.5. The number of carbonyl (C=O) groups excluding carboxylic acids is 2. The molecule has 0 aromatic heterocycles. The summed E-state index contributed by atoms with van der Waals surface area (Å²) in [7, 11) is 2.63. The minimum Gasteiger partial charge on any atom is -0.508 e. The monoisotopic (exact) mass is 824 g/mol. The topological polar surface area (TPSA) is 307 Å². The maximum absolute atomic E-state index is 12.9. The Kier molecular flexibility index (Phi) is 16.4. The van der Waals surface area contributed by atoms with Gasteiger partial charge in [-0.2, -0.15) is 0 Å². The highest BCUT2D eigenvalue weighted by molar-refractivity contribution is 5.87. The zero-order chi connectivity index (χ0) is 42.7. The number of phenolic OH excluding ortho intramolecular Hbond substituents is 1. The third-order valence-corrected chi connectivity index (χ3v) is 9.02. The molecule has 9 N–H and O–H groups in total. The Morgan fingerprint density at radius 3 is 1.93 bits per heavy atom. The van der Waals surface area contributed by atoms with Crippen LogP contribution in [-0.2, 0) is 38.1 Å². The Morgan fingerprint density at radius 2 is 1.34 bits per heavy atom. The lowest BCUT2D eigenvalue weighted by molar-refractivity contribution is -0.325. The molecule has 2 saturated heterocycles. The van der Waals surface area contributed by atoms with E-state index in [-0.39, 0.29) is 29.6 Å². The third kappa shape index (κ3) is 12.1. The molecule has 4 rings (SSSR count). The van der Waals surface area contributed by atoms with Crippen molar-refractivity contribution in [1.29, 1.82) is 0 Å². The molecule has 2 aliphatic heterocycles. The number of carbonyl (C=O) groups is 3. The van der Waals surface area contributed by atoms with Gasteiger partial charge in [-0.25, -0.2) is 4.79 Å². The van der Waals surface area contributed by atoms with E-state index in [0.717, 1.165) is 6.08 Å². The Hall–Kier alpha value is -4.87. The predicted octanol–water partition coefficient (Wildman–Crippen LogP) is -1.15. The van der Waals surface area contributed by atoms with Crippen LogP contribution in [0.15, 0.2) is 48.6 Å². The van der Waals surface area contributed by atoms with E-state index < -0.39 is 111 Å². The lowest BCUT2D eigenvalue weighted by Crippen LogP contribution is -2.61. The summed E-state index contributed by atoms with van der Waals surface area (Å²) in [6.07, 6.45) is -12.6. The number of methoxy groups -OCH3 is 2. The van der Waals surface area contributed by atoms with E-state index in [1.807, 2.05) is 0 Å². The number of benzene rings is 2. The van der Waals surface area contributed by atoms with Gasteiger partial charge < -0.3 is 83.9 Å². The Morgan fingerprint density at radius 1 is 0.759 bits per heavy atom. The largest absolute Gasteiger partial charge is 0.508 e. The molecule has 2 heterocycles. The van der Waals surface area contributed by atoms with Crippen molar-refractivity contribution >= 4 is 30.1 Å². The molecule has 0 bridgehead atoms. The number of carboxylic acids is 1. The highest BCUT2D eigenvalue weighted by atomic mass is 16.7. The summed E-state index contributed by atoms with van der Waals surface area (Å²) in [6.45, 7) is -0.366. The van der Waals surface area contributed by atoms with E-state index in [1.54, 1.807) is 12.1 Å². The molecule has 20 nitrogen and oxygen atoms in total. The van der Waals surface area contributed by atoms with Gasteiger partial charge in [-0.3, -0.25) is 9.59 Å². The summed E-state index contributed by atoms with van der Waals surface area (Å²) >= 11 is 0. The van der Waals surface area contributed by atoms with Crippen LogP contribution < -0.4 is 14.2 Å². The first kappa shape index (κ1) is 45.8. The molecule has 2 aromatic carbocycles. The molecule has 0 radical (unpaired) electrons. The number of hydrogen-bond donors (Lipinski definition) is 9. The fourth-order valence-corrected chi connectivity index (χ4v) is 5.93. The molecule has 58 heavy (non-hydrogen) atoms. The maximum Gasteiger partial charge on any atom is 0.330 e. The number of aliphatic carboxylic acids is 1. The highest BCUT2D eigenvalue weighted by Crippen LogP contribution is 2.41. The van der Waals surface area contributed by atoms with Crippen molar-refractivity contribution in [3.63, 3.8) is 0 Å². The van der Waals surface area contributed by atoms with Crippen molar-refractivity contribution in [2.45, 2.75) is 86.8 Å². The van der Waals surface area contributed by atoms with Crippen molar-refractivity contribution in [2.24, 2.45) is 0 Å². The van der Waals surface area contributed by atoms with Crippen molar-refractivity contribution in [2.75, 3.05) is 34.0 Å². The third-order valence-electron chi connectivity index (χ3n) is 9.02. The van der Waals surface area contributed by atoms with E-state index in [2.05, 4.69) is 0 Å². The molecule has 20 heteroatoms. The van der Waals surface area contributed by atoms with Gasteiger partial charge in [0.05, 0.1) is 39.3 Å². The standard InChI is InChI=1S/C38H48O20/c1-38(15-26(41)42,58-37-34(50)32(48)30(46)25(56-37)18-54-27(43)11-8-19-6-9-21(40)10-7-19)16-28(44)53-12-4-5-20-13-22(51-2)35(23(14-20)52-3)57-36-33(49)31(47)29(45)24(17-39)55-36/h4-11,13-14,24-25,29-34,36-37,39-40,45-50H,12,15-18H2,1-3H3,(H,41,42)/b5-4+,11-8+/t24-,25-,29-,30-,31+,32+,33-,34-,36+,37+,38?/m1/s1. The second-order valence-electron chi connectivity index (χ2n) is 13.5. The summed E-state index contributed by atoms with van der Waals surface area (Å²) in [5, 5.41) is 90.7. The minimum atomic E-state index is -1.91. The number of rotatable bonds is 18. The van der Waals surface area contributed by atoms with Gasteiger partial charge in [-0.15, -0.1) is 0 Å². The molecule has 0 saturated carbocycles. The van der Waals surface area contributed by atoms with Crippen molar-refractivity contribution in [1.82, 2.24) is 0 Å². The van der Waals surface area contributed by atoms with Crippen molar-refractivity contribution in [3.05, 3.63) is 59.7 Å². The number of phenols is 1. The van der Waals surface area contributed by atoms with Crippen LogP contribution in [0.1, 0.15) is 30.9 Å². The fraction of sp³-hybridized carbons (Fsp3) is 0.500. The Labute approximate surface area is 331 Å². The molecule has 2 aliphatic rings. The summed E-state index contributed by atoms with van der Waals surface area (Å²) in [5.41, 5.74) is -0.867. The van der Waals surface area contributed by atoms with Gasteiger partial charge in [-0.1, -0.05) is 18.2 Å². The lowest BCUT2D eigenvalue weighted by Gasteiger charge is -2.43. The molecule has 11 atom stereocenters. The van der Waals surface area contributed by atoms with Crippen LogP contribution in [0.4, 0.5) is 0 Å². The molecular formula is C38H48O20. The van der Waals surface area contributed by atoms with Crippen LogP contribution in [0.2, 0.25) is 0 Å². The molecule has 1 unspecified atom stereocenters. The van der Waals surface area contributed by atoms with E-state index in [4.69, 9.17) is 37.9 Å². The van der Waals surface area contributed by atoms with Gasteiger partial charge in [0, 0.05) is 6.08 Å². The first-order valence-corrected chi connectivity index (χ1v) is 17.8. The van der Waals surface area contributed by atoms with E-state index in [9.17, 15) is 60.3 Å². The number of ether oxygens (including phenoxy) is 8. The second kappa shape index (κ2) is 20.7. The molecule has 0 amide bonds. The zero-order valence-electron chi connectivity index (χ0n) is 31.6. The second-order valence-corrected chi connectivity index (χ2v) is 13.5. The Bertz CT molecular complexity index is 1720.